The number of carboxylic acids is 1. The average Bonchev–Trinajstić information content (AvgIpc) is 3.30. The van der Waals surface area contributed by atoms with Gasteiger partial charge in [-0.15, -0.1) is 0 Å². The maximum atomic E-state index is 12.8. The number of hydrogen-bond acceptors (Lipinski definition) is 7. The van der Waals surface area contributed by atoms with E-state index in [4.69, 9.17) is 18.9 Å². The van der Waals surface area contributed by atoms with Gasteiger partial charge in [0.15, 0.2) is 6.10 Å². The zero-order valence-electron chi connectivity index (χ0n) is 43.5. The molecule has 0 amide bonds. The lowest BCUT2D eigenvalue weighted by atomic mass is 10.1. The summed E-state index contributed by atoms with van der Waals surface area (Å²) in [6.07, 6.45) is 65.5. The van der Waals surface area contributed by atoms with Crippen LogP contribution < -0.4 is 0 Å². The number of unbranched alkanes of at least 4 members (excludes halogenated alkanes) is 11. The van der Waals surface area contributed by atoms with Crippen LogP contribution in [-0.2, 0) is 33.3 Å². The Morgan fingerprint density at radius 2 is 0.838 bits per heavy atom. The van der Waals surface area contributed by atoms with Gasteiger partial charge in [-0.3, -0.25) is 9.59 Å². The number of carboxylic acid groups (broad SMARTS) is 1. The van der Waals surface area contributed by atoms with Gasteiger partial charge < -0.3 is 28.5 Å². The molecule has 0 saturated carbocycles. The molecule has 0 aromatic carbocycles. The molecule has 384 valence electrons. The van der Waals surface area contributed by atoms with E-state index < -0.39 is 24.3 Å². The number of likely N-dealkylation sites (N-methyl/N-ethyl adjacent to an activating group) is 1. The van der Waals surface area contributed by atoms with Crippen LogP contribution in [0.25, 0.3) is 0 Å². The normalized spacial score (nSPS) is 13.8. The van der Waals surface area contributed by atoms with E-state index in [-0.39, 0.29) is 38.6 Å². The highest BCUT2D eigenvalue weighted by Crippen LogP contribution is 2.12. The van der Waals surface area contributed by atoms with Gasteiger partial charge in [0.2, 0.25) is 0 Å². The van der Waals surface area contributed by atoms with Gasteiger partial charge in [-0.2, -0.15) is 0 Å². The summed E-state index contributed by atoms with van der Waals surface area (Å²) in [5, 5.41) is 9.67. The fourth-order valence-corrected chi connectivity index (χ4v) is 6.41. The van der Waals surface area contributed by atoms with Crippen molar-refractivity contribution in [2.24, 2.45) is 0 Å². The highest BCUT2D eigenvalue weighted by atomic mass is 16.7. The molecule has 1 N–H and O–H groups in total. The third-order valence-corrected chi connectivity index (χ3v) is 10.5. The maximum Gasteiger partial charge on any atom is 0.361 e. The third kappa shape index (κ3) is 49.6. The molecule has 9 heteroatoms. The molecule has 0 fully saturated rings. The largest absolute Gasteiger partial charge is 0.477 e. The summed E-state index contributed by atoms with van der Waals surface area (Å²) < 4.78 is 22.7. The van der Waals surface area contributed by atoms with Crippen LogP contribution in [-0.4, -0.2) is 87.4 Å². The van der Waals surface area contributed by atoms with Crippen molar-refractivity contribution in [2.75, 3.05) is 47.5 Å². The summed E-state index contributed by atoms with van der Waals surface area (Å²) in [5.41, 5.74) is 0. The number of allylic oxidation sites excluding steroid dienone is 20. The number of carbonyl (C=O) groups excluding carboxylic acids is 2. The first-order valence-corrected chi connectivity index (χ1v) is 26.2. The van der Waals surface area contributed by atoms with Crippen LogP contribution in [0.15, 0.2) is 122 Å². The fraction of sp³-hybridized carbons (Fsp3) is 0.610. The minimum absolute atomic E-state index is 0.169. The van der Waals surface area contributed by atoms with Crippen LogP contribution in [0.1, 0.15) is 174 Å². The number of nitrogens with zero attached hydrogens (tertiary/aromatic N) is 1. The van der Waals surface area contributed by atoms with Crippen LogP contribution in [0.3, 0.4) is 0 Å². The summed E-state index contributed by atoms with van der Waals surface area (Å²) in [6.45, 7) is 4.64. The van der Waals surface area contributed by atoms with E-state index in [1.165, 1.54) is 32.1 Å². The summed E-state index contributed by atoms with van der Waals surface area (Å²) in [4.78, 5) is 37.3. The SMILES string of the molecule is CC/C=C\C/C=C\C/C=C\C/C=C\C/C=C\C/C=C\C/C=C\C/C=C\CCCCC(=O)OC(COC(=O)CCCCCCC/C=C\C/C=C\CCCCCC)COC(OCC[N+](C)(C)C)C(=O)O. The molecule has 9 nitrogen and oxygen atoms in total. The molecule has 2 unspecified atom stereocenters. The van der Waals surface area contributed by atoms with E-state index >= 15 is 0 Å². The van der Waals surface area contributed by atoms with Crippen LogP contribution in [0.4, 0.5) is 0 Å². The van der Waals surface area contributed by atoms with E-state index in [2.05, 4.69) is 135 Å². The Hall–Kier alpha value is -4.31. The number of carbonyl (C=O) groups is 3. The molecule has 0 bridgehead atoms. The molecule has 0 spiro atoms. The van der Waals surface area contributed by atoms with E-state index in [9.17, 15) is 19.5 Å². The van der Waals surface area contributed by atoms with Gasteiger partial charge in [0.05, 0.1) is 34.4 Å². The molecule has 0 aliphatic carbocycles. The second-order valence-electron chi connectivity index (χ2n) is 18.1. The van der Waals surface area contributed by atoms with E-state index in [0.717, 1.165) is 109 Å². The second kappa shape index (κ2) is 49.1. The topological polar surface area (TPSA) is 108 Å². The molecule has 0 aliphatic rings. The first kappa shape index (κ1) is 63.7. The Bertz CT molecular complexity index is 1520. The predicted octanol–water partition coefficient (Wildman–Crippen LogP) is 14.9. The maximum absolute atomic E-state index is 12.8. The van der Waals surface area contributed by atoms with Crippen molar-refractivity contribution in [3.05, 3.63) is 122 Å². The summed E-state index contributed by atoms with van der Waals surface area (Å²) in [7, 11) is 5.93. The molecule has 0 heterocycles. The first-order valence-electron chi connectivity index (χ1n) is 26.2. The van der Waals surface area contributed by atoms with Crippen molar-refractivity contribution >= 4 is 17.9 Å². The number of hydrogen-bond donors (Lipinski definition) is 1. The number of rotatable bonds is 46. The highest BCUT2D eigenvalue weighted by Gasteiger charge is 2.25. The molecular formula is C59H96NO8+. The van der Waals surface area contributed by atoms with E-state index in [1.807, 2.05) is 21.1 Å². The van der Waals surface area contributed by atoms with Crippen molar-refractivity contribution in [1.82, 2.24) is 0 Å². The molecule has 0 aliphatic heterocycles. The van der Waals surface area contributed by atoms with Gasteiger partial charge in [-0.05, 0) is 109 Å². The summed E-state index contributed by atoms with van der Waals surface area (Å²) in [5.74, 6) is -2.10. The molecule has 0 aromatic heterocycles. The van der Waals surface area contributed by atoms with Crippen LogP contribution >= 0.6 is 0 Å². The standard InChI is InChI=1S/C59H95NO8/c1-6-8-10-12-14-16-18-20-22-24-25-26-27-28-29-30-31-32-33-34-36-38-40-42-44-46-48-50-57(62)68-55(54-67-59(58(63)64)65-52-51-60(3,4)5)53-66-56(61)49-47-45-43-41-39-37-35-23-21-19-17-15-13-11-9-7-2/h8,10,14,16-17,19-20,22-23,25-26,28-29,31-32,34-36,40,42,55,59H,6-7,9,11-13,15,18,21,24,27,30,33,37-39,41,43-54H2,1-5H3/p+1/b10-8-,16-14-,19-17-,22-20-,26-25-,29-28-,32-31-,35-23-,36-34-,42-40-. The zero-order valence-corrected chi connectivity index (χ0v) is 43.5. The third-order valence-electron chi connectivity index (χ3n) is 10.5. The van der Waals surface area contributed by atoms with Crippen LogP contribution in [0.5, 0.6) is 0 Å². The van der Waals surface area contributed by atoms with Crippen molar-refractivity contribution in [3.8, 4) is 0 Å². The van der Waals surface area contributed by atoms with Gasteiger partial charge >= 0.3 is 17.9 Å². The lowest BCUT2D eigenvalue weighted by Gasteiger charge is -2.25. The molecule has 0 aromatic rings. The van der Waals surface area contributed by atoms with Crippen molar-refractivity contribution in [2.45, 2.75) is 187 Å². The monoisotopic (exact) mass is 947 g/mol. The van der Waals surface area contributed by atoms with E-state index in [1.54, 1.807) is 0 Å². The highest BCUT2D eigenvalue weighted by molar-refractivity contribution is 5.71. The Labute approximate surface area is 415 Å². The van der Waals surface area contributed by atoms with Gasteiger partial charge in [0.1, 0.15) is 13.2 Å². The fourth-order valence-electron chi connectivity index (χ4n) is 6.41. The van der Waals surface area contributed by atoms with Crippen molar-refractivity contribution in [1.29, 1.82) is 0 Å². The Morgan fingerprint density at radius 1 is 0.456 bits per heavy atom. The lowest BCUT2D eigenvalue weighted by Crippen LogP contribution is -2.40. The Kier molecular flexibility index (Phi) is 46.0. The number of quaternary nitrogens is 1. The quantitative estimate of drug-likeness (QED) is 0.0211. The molecule has 68 heavy (non-hydrogen) atoms. The molecule has 0 radical (unpaired) electrons. The molecular weight excluding hydrogens is 851 g/mol. The van der Waals surface area contributed by atoms with Crippen LogP contribution in [0.2, 0.25) is 0 Å². The number of aliphatic carboxylic acids is 1. The van der Waals surface area contributed by atoms with Crippen molar-refractivity contribution < 1.29 is 42.9 Å². The molecule has 0 rings (SSSR count). The van der Waals surface area contributed by atoms with Gasteiger partial charge in [-0.25, -0.2) is 4.79 Å². The number of esters is 2. The smallest absolute Gasteiger partial charge is 0.361 e. The Morgan fingerprint density at radius 3 is 1.28 bits per heavy atom. The van der Waals surface area contributed by atoms with Gasteiger partial charge in [0, 0.05) is 12.8 Å². The van der Waals surface area contributed by atoms with Gasteiger partial charge in [-0.1, -0.05) is 174 Å². The van der Waals surface area contributed by atoms with E-state index in [0.29, 0.717) is 17.4 Å². The van der Waals surface area contributed by atoms with Gasteiger partial charge in [0.25, 0.3) is 6.29 Å². The second-order valence-corrected chi connectivity index (χ2v) is 18.1. The summed E-state index contributed by atoms with van der Waals surface area (Å²) >= 11 is 0. The first-order chi connectivity index (χ1) is 33.1. The number of ether oxygens (including phenoxy) is 4. The predicted molar refractivity (Wildman–Crippen MR) is 285 cm³/mol. The van der Waals surface area contributed by atoms with Crippen LogP contribution in [0, 0.1) is 0 Å². The Balaban J connectivity index is 4.47. The average molecular weight is 947 g/mol. The van der Waals surface area contributed by atoms with Crippen molar-refractivity contribution in [3.63, 3.8) is 0 Å². The minimum Gasteiger partial charge on any atom is -0.477 e. The summed E-state index contributed by atoms with van der Waals surface area (Å²) in [6, 6.07) is 0. The molecule has 2 atom stereocenters. The molecule has 0 saturated heterocycles. The lowest BCUT2D eigenvalue weighted by molar-refractivity contribution is -0.870. The zero-order chi connectivity index (χ0) is 49.9. The minimum atomic E-state index is -1.53.